The molecule has 2 nitrogen and oxygen atoms in total. The number of aliphatic hydroxyl groups is 1. The van der Waals surface area contributed by atoms with E-state index >= 15 is 0 Å². The normalized spacial score (nSPS) is 22.4. The van der Waals surface area contributed by atoms with E-state index in [1.54, 1.807) is 6.07 Å². The lowest BCUT2D eigenvalue weighted by Crippen LogP contribution is -2.33. The van der Waals surface area contributed by atoms with Crippen LogP contribution in [0.2, 0.25) is 5.02 Å². The fourth-order valence-corrected chi connectivity index (χ4v) is 2.36. The van der Waals surface area contributed by atoms with Crippen molar-refractivity contribution in [1.82, 2.24) is 0 Å². The molecule has 1 aromatic carbocycles. The van der Waals surface area contributed by atoms with Crippen molar-refractivity contribution in [3.8, 4) is 0 Å². The molecule has 0 aromatic heterocycles. The molecule has 0 radical (unpaired) electrons. The monoisotopic (exact) mass is 258 g/mol. The van der Waals surface area contributed by atoms with Crippen LogP contribution in [0.15, 0.2) is 18.2 Å². The topological polar surface area (TPSA) is 29.5 Å². The Morgan fingerprint density at radius 3 is 2.94 bits per heavy atom. The maximum absolute atomic E-state index is 12.9. The number of hydrogen-bond donors (Lipinski definition) is 1. The highest BCUT2D eigenvalue weighted by molar-refractivity contribution is 6.31. The molecule has 1 N–H and O–H groups in total. The Labute approximate surface area is 105 Å². The molecule has 2 rings (SSSR count). The molecule has 94 valence electrons. The van der Waals surface area contributed by atoms with Crippen molar-refractivity contribution < 1.29 is 14.2 Å². The van der Waals surface area contributed by atoms with Crippen LogP contribution in [0, 0.1) is 5.82 Å². The Morgan fingerprint density at radius 1 is 1.47 bits per heavy atom. The van der Waals surface area contributed by atoms with E-state index in [2.05, 4.69) is 0 Å². The summed E-state index contributed by atoms with van der Waals surface area (Å²) < 4.78 is 18.4. The zero-order valence-electron chi connectivity index (χ0n) is 9.53. The lowest BCUT2D eigenvalue weighted by molar-refractivity contribution is -0.0611. The van der Waals surface area contributed by atoms with Gasteiger partial charge in [-0.05, 0) is 37.0 Å². The highest BCUT2D eigenvalue weighted by Crippen LogP contribution is 2.23. The second-order valence-corrected chi connectivity index (χ2v) is 4.82. The predicted molar refractivity (Wildman–Crippen MR) is 64.7 cm³/mol. The van der Waals surface area contributed by atoms with Crippen LogP contribution in [0.5, 0.6) is 0 Å². The number of hydrogen-bond acceptors (Lipinski definition) is 2. The van der Waals surface area contributed by atoms with Crippen LogP contribution in [0.4, 0.5) is 4.39 Å². The summed E-state index contributed by atoms with van der Waals surface area (Å²) >= 11 is 5.92. The molecule has 17 heavy (non-hydrogen) atoms. The van der Waals surface area contributed by atoms with Crippen LogP contribution in [-0.4, -0.2) is 23.9 Å². The lowest BCUT2D eigenvalue weighted by Gasteiger charge is -2.27. The fourth-order valence-electron chi connectivity index (χ4n) is 2.11. The summed E-state index contributed by atoms with van der Waals surface area (Å²) in [5.74, 6) is -0.359. The van der Waals surface area contributed by atoms with E-state index in [9.17, 15) is 9.50 Å². The van der Waals surface area contributed by atoms with Crippen molar-refractivity contribution in [2.45, 2.75) is 37.9 Å². The van der Waals surface area contributed by atoms with E-state index in [-0.39, 0.29) is 11.9 Å². The number of benzene rings is 1. The van der Waals surface area contributed by atoms with E-state index in [4.69, 9.17) is 16.3 Å². The van der Waals surface area contributed by atoms with Gasteiger partial charge >= 0.3 is 0 Å². The molecule has 0 amide bonds. The molecule has 0 bridgehead atoms. The van der Waals surface area contributed by atoms with E-state index in [1.807, 2.05) is 0 Å². The molecule has 0 saturated carbocycles. The van der Waals surface area contributed by atoms with Crippen LogP contribution in [-0.2, 0) is 11.2 Å². The van der Waals surface area contributed by atoms with Gasteiger partial charge in [-0.3, -0.25) is 0 Å². The minimum atomic E-state index is -0.571. The summed E-state index contributed by atoms with van der Waals surface area (Å²) in [6.07, 6.45) is 2.73. The van der Waals surface area contributed by atoms with Crippen molar-refractivity contribution in [3.05, 3.63) is 34.6 Å². The molecule has 2 unspecified atom stereocenters. The van der Waals surface area contributed by atoms with Crippen LogP contribution in [0.25, 0.3) is 0 Å². The molecule has 2 atom stereocenters. The van der Waals surface area contributed by atoms with Crippen molar-refractivity contribution >= 4 is 11.6 Å². The first kappa shape index (κ1) is 12.8. The highest BCUT2D eigenvalue weighted by Gasteiger charge is 2.23. The summed E-state index contributed by atoms with van der Waals surface area (Å²) in [6.45, 7) is 0.707. The number of ether oxygens (including phenoxy) is 1. The number of halogens is 2. The summed E-state index contributed by atoms with van der Waals surface area (Å²) in [4.78, 5) is 0. The van der Waals surface area contributed by atoms with E-state index < -0.39 is 6.10 Å². The first-order chi connectivity index (χ1) is 8.16. The number of rotatable bonds is 3. The average molecular weight is 259 g/mol. The molecular weight excluding hydrogens is 243 g/mol. The Morgan fingerprint density at radius 2 is 2.29 bits per heavy atom. The third kappa shape index (κ3) is 3.41. The van der Waals surface area contributed by atoms with Crippen molar-refractivity contribution in [1.29, 1.82) is 0 Å². The van der Waals surface area contributed by atoms with Gasteiger partial charge in [-0.1, -0.05) is 17.7 Å². The van der Waals surface area contributed by atoms with Crippen molar-refractivity contribution in [2.24, 2.45) is 0 Å². The third-order valence-corrected chi connectivity index (χ3v) is 3.44. The minimum Gasteiger partial charge on any atom is -0.390 e. The molecule has 0 spiro atoms. The van der Waals surface area contributed by atoms with Crippen LogP contribution >= 0.6 is 11.6 Å². The molecule has 1 aliphatic heterocycles. The Balaban J connectivity index is 1.99. The van der Waals surface area contributed by atoms with Gasteiger partial charge in [0.15, 0.2) is 0 Å². The number of aliphatic hydroxyl groups excluding tert-OH is 1. The smallest absolute Gasteiger partial charge is 0.124 e. The zero-order valence-corrected chi connectivity index (χ0v) is 10.3. The quantitative estimate of drug-likeness (QED) is 0.903. The third-order valence-electron chi connectivity index (χ3n) is 3.09. The molecule has 1 fully saturated rings. The molecule has 1 heterocycles. The van der Waals surface area contributed by atoms with E-state index in [0.29, 0.717) is 18.1 Å². The lowest BCUT2D eigenvalue weighted by atomic mass is 9.98. The molecule has 1 aliphatic rings. The molecule has 0 aliphatic carbocycles. The van der Waals surface area contributed by atoms with Gasteiger partial charge in [0.05, 0.1) is 12.2 Å². The van der Waals surface area contributed by atoms with Crippen LogP contribution < -0.4 is 0 Å². The molecule has 4 heteroatoms. The van der Waals surface area contributed by atoms with Gasteiger partial charge in [0.25, 0.3) is 0 Å². The summed E-state index contributed by atoms with van der Waals surface area (Å²) in [5.41, 5.74) is 0.759. The molecule has 1 saturated heterocycles. The maximum atomic E-state index is 12.9. The largest absolute Gasteiger partial charge is 0.390 e. The first-order valence-corrected chi connectivity index (χ1v) is 6.28. The summed E-state index contributed by atoms with van der Waals surface area (Å²) in [7, 11) is 0. The molecular formula is C13H16ClFO2. The Bertz CT molecular complexity index is 378. The van der Waals surface area contributed by atoms with Crippen molar-refractivity contribution in [2.75, 3.05) is 6.61 Å². The van der Waals surface area contributed by atoms with Gasteiger partial charge in [-0.2, -0.15) is 0 Å². The predicted octanol–water partition coefficient (Wildman–Crippen LogP) is 2.95. The maximum Gasteiger partial charge on any atom is 0.124 e. The fraction of sp³-hybridized carbons (Fsp3) is 0.538. The zero-order chi connectivity index (χ0) is 12.3. The van der Waals surface area contributed by atoms with Gasteiger partial charge in [0, 0.05) is 18.1 Å². The second kappa shape index (κ2) is 5.80. The second-order valence-electron chi connectivity index (χ2n) is 4.41. The standard InChI is InChI=1S/C13H16ClFO2/c14-11-8-10(15)5-4-9(11)7-12(16)13-3-1-2-6-17-13/h4-5,8,12-13,16H,1-3,6-7H2. The van der Waals surface area contributed by atoms with E-state index in [0.717, 1.165) is 24.8 Å². The van der Waals surface area contributed by atoms with Gasteiger partial charge < -0.3 is 9.84 Å². The first-order valence-electron chi connectivity index (χ1n) is 5.90. The van der Waals surface area contributed by atoms with Crippen molar-refractivity contribution in [3.63, 3.8) is 0 Å². The van der Waals surface area contributed by atoms with Gasteiger partial charge in [-0.15, -0.1) is 0 Å². The van der Waals surface area contributed by atoms with Gasteiger partial charge in [0.2, 0.25) is 0 Å². The minimum absolute atomic E-state index is 0.120. The Hall–Kier alpha value is -0.640. The van der Waals surface area contributed by atoms with Gasteiger partial charge in [-0.25, -0.2) is 4.39 Å². The highest BCUT2D eigenvalue weighted by atomic mass is 35.5. The molecule has 1 aromatic rings. The van der Waals surface area contributed by atoms with Crippen LogP contribution in [0.1, 0.15) is 24.8 Å². The van der Waals surface area contributed by atoms with Crippen LogP contribution in [0.3, 0.4) is 0 Å². The summed E-state index contributed by atoms with van der Waals surface area (Å²) in [6, 6.07) is 4.24. The Kier molecular flexibility index (Phi) is 4.37. The average Bonchev–Trinajstić information content (AvgIpc) is 2.34. The van der Waals surface area contributed by atoms with E-state index in [1.165, 1.54) is 12.1 Å². The SMILES string of the molecule is OC(Cc1ccc(F)cc1Cl)C1CCCCO1. The van der Waals surface area contributed by atoms with Gasteiger partial charge in [0.1, 0.15) is 5.82 Å². The summed E-state index contributed by atoms with van der Waals surface area (Å²) in [5, 5.41) is 10.4.